The fourth-order valence-electron chi connectivity index (χ4n) is 8.41. The molecule has 1 heterocycles. The number of aromatic carboxylic acids is 1. The highest BCUT2D eigenvalue weighted by Gasteiger charge is 2.58. The highest BCUT2D eigenvalue weighted by molar-refractivity contribution is 6.11. The minimum absolute atomic E-state index is 0.0675. The maximum atomic E-state index is 13.7. The van der Waals surface area contributed by atoms with Crippen LogP contribution in [0.25, 0.3) is 0 Å². The molecule has 42 heavy (non-hydrogen) atoms. The van der Waals surface area contributed by atoms with Gasteiger partial charge in [-0.05, 0) is 62.7 Å². The summed E-state index contributed by atoms with van der Waals surface area (Å²) in [6, 6.07) is -1.48. The number of carbonyl (C=O) groups excluding carboxylic acids is 1. The molecule has 1 aliphatic heterocycles. The molecule has 2 aliphatic carbocycles. The van der Waals surface area contributed by atoms with Crippen molar-refractivity contribution in [1.82, 2.24) is 4.90 Å². The summed E-state index contributed by atoms with van der Waals surface area (Å²) < 4.78 is 12.0. The molecule has 1 amide bonds. The molecule has 0 spiro atoms. The largest absolute Gasteiger partial charge is 0.495 e. The van der Waals surface area contributed by atoms with Crippen LogP contribution in [0.5, 0.6) is 11.5 Å². The normalized spacial score (nSPS) is 28.9. The Balaban J connectivity index is 1.78. The van der Waals surface area contributed by atoms with Gasteiger partial charge in [-0.2, -0.15) is 0 Å². The maximum absolute atomic E-state index is 13.7. The lowest BCUT2D eigenvalue weighted by Crippen LogP contribution is -2.59. The Hall–Kier alpha value is -3.34. The first-order chi connectivity index (χ1) is 19.5. The Bertz CT molecular complexity index is 1300. The quantitative estimate of drug-likeness (QED) is 0.308. The Labute approximate surface area is 245 Å². The number of nitrogens with zero attached hydrogens (tertiary/aromatic N) is 1. The Morgan fingerprint density at radius 3 is 2.29 bits per heavy atom. The number of ether oxygens (including phenoxy) is 2. The summed E-state index contributed by atoms with van der Waals surface area (Å²) in [5, 5.41) is 40.7. The smallest absolute Gasteiger partial charge is 0.340 e. The van der Waals surface area contributed by atoms with E-state index in [-0.39, 0.29) is 58.9 Å². The number of carboxylic acid groups (broad SMARTS) is 3. The number of carboxylic acids is 3. The highest BCUT2D eigenvalue weighted by Crippen LogP contribution is 2.62. The molecule has 5 unspecified atom stereocenters. The zero-order chi connectivity index (χ0) is 31.4. The maximum Gasteiger partial charge on any atom is 0.340 e. The number of carbonyl (C=O) groups is 4. The third-order valence-corrected chi connectivity index (χ3v) is 10.4. The number of aliphatic hydroxyl groups is 1. The number of methoxy groups -OCH3 is 1. The van der Waals surface area contributed by atoms with Crippen molar-refractivity contribution in [2.75, 3.05) is 13.7 Å². The van der Waals surface area contributed by atoms with Crippen LogP contribution in [-0.2, 0) is 16.1 Å². The molecule has 0 radical (unpaired) electrons. The van der Waals surface area contributed by atoms with Gasteiger partial charge in [0.05, 0.1) is 31.4 Å². The van der Waals surface area contributed by atoms with E-state index in [1.165, 1.54) is 7.11 Å². The predicted octanol–water partition coefficient (Wildman–Crippen LogP) is 4.35. The van der Waals surface area contributed by atoms with Gasteiger partial charge in [-0.25, -0.2) is 9.59 Å². The Kier molecular flexibility index (Phi) is 8.32. The second-order valence-electron chi connectivity index (χ2n) is 13.4. The minimum atomic E-state index is -1.48. The van der Waals surface area contributed by atoms with E-state index in [0.717, 1.165) is 30.6 Å². The van der Waals surface area contributed by atoms with Gasteiger partial charge in [0.15, 0.2) is 0 Å². The number of fused-ring (bicyclic) bond motifs is 2. The van der Waals surface area contributed by atoms with Crippen molar-refractivity contribution in [3.8, 4) is 11.5 Å². The van der Waals surface area contributed by atoms with Crippen LogP contribution in [0.15, 0.2) is 0 Å². The summed E-state index contributed by atoms with van der Waals surface area (Å²) in [5.74, 6) is -4.60. The fourth-order valence-corrected chi connectivity index (χ4v) is 8.41. The van der Waals surface area contributed by atoms with Crippen LogP contribution in [0.2, 0.25) is 0 Å². The lowest BCUT2D eigenvalue weighted by atomic mass is 9.46. The van der Waals surface area contributed by atoms with E-state index in [2.05, 4.69) is 20.8 Å². The monoisotopic (exact) mass is 589 g/mol. The molecule has 4 N–H and O–H groups in total. The third-order valence-electron chi connectivity index (χ3n) is 10.4. The second-order valence-corrected chi connectivity index (χ2v) is 13.4. The first-order valence-corrected chi connectivity index (χ1v) is 14.6. The van der Waals surface area contributed by atoms with Crippen molar-refractivity contribution in [2.24, 2.45) is 22.7 Å². The molecule has 11 nitrogen and oxygen atoms in total. The lowest BCUT2D eigenvalue weighted by Gasteiger charge is -2.61. The van der Waals surface area contributed by atoms with Crippen LogP contribution in [0.4, 0.5) is 0 Å². The summed E-state index contributed by atoms with van der Waals surface area (Å²) in [6.45, 7) is 10.1. The Morgan fingerprint density at radius 2 is 1.71 bits per heavy atom. The van der Waals surface area contributed by atoms with Crippen LogP contribution in [0, 0.1) is 29.6 Å². The molecule has 2 saturated carbocycles. The molecule has 1 aromatic rings. The van der Waals surface area contributed by atoms with Crippen LogP contribution in [-0.4, -0.2) is 74.5 Å². The summed E-state index contributed by atoms with van der Waals surface area (Å²) in [4.78, 5) is 50.4. The fraction of sp³-hybridized carbons (Fsp3) is 0.677. The summed E-state index contributed by atoms with van der Waals surface area (Å²) >= 11 is 0. The lowest BCUT2D eigenvalue weighted by molar-refractivity contribution is -0.176. The molecule has 232 valence electrons. The van der Waals surface area contributed by atoms with Gasteiger partial charge in [0.2, 0.25) is 0 Å². The van der Waals surface area contributed by atoms with Crippen molar-refractivity contribution in [2.45, 2.75) is 97.8 Å². The SMILES string of the molecule is COc1c(C)c(OCC2C(C)(O)CCC3C(C)(C)CCCC32C)c2c(c1C(=O)O)C(=O)N(C(CCC(=O)O)C(=O)O)C2. The number of aliphatic carboxylic acids is 2. The van der Waals surface area contributed by atoms with E-state index in [0.29, 0.717) is 17.9 Å². The molecule has 0 bridgehead atoms. The number of hydrogen-bond acceptors (Lipinski definition) is 7. The van der Waals surface area contributed by atoms with Gasteiger partial charge in [-0.3, -0.25) is 9.59 Å². The molecule has 0 aromatic heterocycles. The van der Waals surface area contributed by atoms with Crippen molar-refractivity contribution in [3.63, 3.8) is 0 Å². The number of benzene rings is 1. The highest BCUT2D eigenvalue weighted by atomic mass is 16.5. The van der Waals surface area contributed by atoms with Gasteiger partial charge in [0.1, 0.15) is 23.1 Å². The van der Waals surface area contributed by atoms with Crippen LogP contribution < -0.4 is 9.47 Å². The van der Waals surface area contributed by atoms with Gasteiger partial charge in [0, 0.05) is 23.5 Å². The van der Waals surface area contributed by atoms with Crippen molar-refractivity contribution in [1.29, 1.82) is 0 Å². The minimum Gasteiger partial charge on any atom is -0.495 e. The molecule has 11 heteroatoms. The number of amides is 1. The summed E-state index contributed by atoms with van der Waals surface area (Å²) in [5.41, 5.74) is -1.19. The van der Waals surface area contributed by atoms with Gasteiger partial charge in [-0.15, -0.1) is 0 Å². The molecule has 3 aliphatic rings. The summed E-state index contributed by atoms with van der Waals surface area (Å²) in [7, 11) is 1.29. The van der Waals surface area contributed by atoms with Crippen molar-refractivity contribution < 1.29 is 49.1 Å². The topological polar surface area (TPSA) is 171 Å². The average Bonchev–Trinajstić information content (AvgIpc) is 3.19. The second kappa shape index (κ2) is 11.1. The van der Waals surface area contributed by atoms with Gasteiger partial charge >= 0.3 is 17.9 Å². The van der Waals surface area contributed by atoms with Gasteiger partial charge < -0.3 is 34.8 Å². The zero-order valence-corrected chi connectivity index (χ0v) is 25.3. The number of rotatable bonds is 10. The van der Waals surface area contributed by atoms with E-state index in [4.69, 9.17) is 14.6 Å². The van der Waals surface area contributed by atoms with E-state index >= 15 is 0 Å². The van der Waals surface area contributed by atoms with Gasteiger partial charge in [0.25, 0.3) is 5.91 Å². The molecule has 5 atom stereocenters. The molecule has 0 saturated heterocycles. The molecular weight excluding hydrogens is 546 g/mol. The van der Waals surface area contributed by atoms with E-state index in [1.807, 2.05) is 6.92 Å². The van der Waals surface area contributed by atoms with Crippen molar-refractivity contribution in [3.05, 3.63) is 22.3 Å². The van der Waals surface area contributed by atoms with Crippen LogP contribution in [0.3, 0.4) is 0 Å². The number of hydrogen-bond donors (Lipinski definition) is 4. The van der Waals surface area contributed by atoms with Crippen LogP contribution in [0.1, 0.15) is 104 Å². The standard InChI is InChI=1S/C31H43NO10/c1-16-24(42-15-20-30(4)12-7-11-29(2,3)19(30)10-13-31(20,5)40)17-14-32(18(27(36)37)8-9-21(33)34)26(35)22(17)23(28(38)39)25(16)41-6/h18-20,40H,7-15H2,1-6H3,(H,33,34)(H,36,37)(H,38,39). The molecule has 1 aromatic carbocycles. The first kappa shape index (κ1) is 31.6. The molecule has 2 fully saturated rings. The zero-order valence-electron chi connectivity index (χ0n) is 25.3. The Morgan fingerprint density at radius 1 is 1.05 bits per heavy atom. The molecular formula is C31H43NO10. The predicted molar refractivity (Wildman–Crippen MR) is 151 cm³/mol. The molecule has 4 rings (SSSR count). The van der Waals surface area contributed by atoms with Crippen LogP contribution >= 0.6 is 0 Å². The van der Waals surface area contributed by atoms with Gasteiger partial charge in [-0.1, -0.05) is 27.2 Å². The summed E-state index contributed by atoms with van der Waals surface area (Å²) in [6.07, 6.45) is 3.74. The average molecular weight is 590 g/mol. The van der Waals surface area contributed by atoms with E-state index in [1.54, 1.807) is 6.92 Å². The third kappa shape index (κ3) is 5.20. The first-order valence-electron chi connectivity index (χ1n) is 14.6. The van der Waals surface area contributed by atoms with E-state index in [9.17, 15) is 34.5 Å². The van der Waals surface area contributed by atoms with E-state index < -0.39 is 47.4 Å². The van der Waals surface area contributed by atoms with Crippen molar-refractivity contribution >= 4 is 23.8 Å².